The Morgan fingerprint density at radius 2 is 1.77 bits per heavy atom. The van der Waals surface area contributed by atoms with Gasteiger partial charge in [0.25, 0.3) is 0 Å². The molecule has 5 unspecified atom stereocenters. The molecule has 1 heteroatoms. The molecule has 30 heavy (non-hydrogen) atoms. The molecular weight excluding hydrogens is 380 g/mol. The van der Waals surface area contributed by atoms with Gasteiger partial charge in [0.05, 0.1) is 0 Å². The molecule has 0 spiro atoms. The van der Waals surface area contributed by atoms with E-state index in [0.717, 1.165) is 23.7 Å². The van der Waals surface area contributed by atoms with Crippen LogP contribution < -0.4 is 0 Å². The number of allylic oxidation sites excluding steroid dienone is 1. The van der Waals surface area contributed by atoms with Crippen molar-refractivity contribution in [1.82, 2.24) is 0 Å². The molecule has 0 saturated heterocycles. The standard InChI is InChI=1S/C23H34S.C4H8.C2H6/c1-4-19-6-5-7-21-20-9-8-16-12-15(2)22(24)14-18(16)13-17(20)10-11-23(19,21)3;1-4(2)3;1-2/h12,14,17,19-21,24H,4-11,13H2,1-3H3;1H2,2-3H3;1-2H3. The lowest BCUT2D eigenvalue weighted by Crippen LogP contribution is -2.48. The van der Waals surface area contributed by atoms with Gasteiger partial charge in [-0.3, -0.25) is 0 Å². The van der Waals surface area contributed by atoms with Crippen molar-refractivity contribution in [3.05, 3.63) is 41.0 Å². The fourth-order valence-corrected chi connectivity index (χ4v) is 7.09. The zero-order valence-corrected chi connectivity index (χ0v) is 21.9. The van der Waals surface area contributed by atoms with E-state index < -0.39 is 0 Å². The number of thiol groups is 1. The highest BCUT2D eigenvalue weighted by molar-refractivity contribution is 7.80. The molecule has 170 valence electrons. The van der Waals surface area contributed by atoms with E-state index >= 15 is 0 Å². The molecule has 2 saturated carbocycles. The van der Waals surface area contributed by atoms with E-state index in [1.807, 2.05) is 27.7 Å². The van der Waals surface area contributed by atoms with Crippen LogP contribution in [0.1, 0.15) is 103 Å². The highest BCUT2D eigenvalue weighted by Crippen LogP contribution is 2.59. The molecule has 5 atom stereocenters. The van der Waals surface area contributed by atoms with Crippen LogP contribution in [0.4, 0.5) is 0 Å². The molecule has 0 radical (unpaired) electrons. The lowest BCUT2D eigenvalue weighted by atomic mass is 9.49. The van der Waals surface area contributed by atoms with E-state index in [9.17, 15) is 0 Å². The van der Waals surface area contributed by atoms with Gasteiger partial charge in [-0.2, -0.15) is 0 Å². The average molecular weight is 429 g/mol. The van der Waals surface area contributed by atoms with Crippen LogP contribution in [0, 0.1) is 36.0 Å². The van der Waals surface area contributed by atoms with Crippen molar-refractivity contribution in [2.45, 2.75) is 111 Å². The Labute approximate surface area is 193 Å². The number of aryl methyl sites for hydroxylation is 2. The third-order valence-corrected chi connectivity index (χ3v) is 8.75. The first-order valence-electron chi connectivity index (χ1n) is 12.7. The molecule has 1 aromatic carbocycles. The maximum absolute atomic E-state index is 4.70. The number of benzene rings is 1. The van der Waals surface area contributed by atoms with Gasteiger partial charge in [-0.05, 0) is 118 Å². The van der Waals surface area contributed by atoms with Gasteiger partial charge in [0, 0.05) is 4.90 Å². The maximum Gasteiger partial charge on any atom is 0.00721 e. The first kappa shape index (κ1) is 25.6. The SMILES string of the molecule is C=C(C)C.CC.CCC1CCCC2C3CCc4cc(C)c(S)cc4CC3CCC12C. The summed E-state index contributed by atoms with van der Waals surface area (Å²) in [5, 5.41) is 0. The highest BCUT2D eigenvalue weighted by atomic mass is 32.1. The predicted molar refractivity (Wildman–Crippen MR) is 138 cm³/mol. The quantitative estimate of drug-likeness (QED) is 0.334. The number of rotatable bonds is 1. The number of fused-ring (bicyclic) bond motifs is 4. The van der Waals surface area contributed by atoms with Crippen LogP contribution >= 0.6 is 12.6 Å². The van der Waals surface area contributed by atoms with E-state index in [2.05, 4.69) is 39.5 Å². The summed E-state index contributed by atoms with van der Waals surface area (Å²) in [6.45, 7) is 18.8. The maximum atomic E-state index is 4.70. The summed E-state index contributed by atoms with van der Waals surface area (Å²) < 4.78 is 0. The third-order valence-electron chi connectivity index (χ3n) is 8.26. The van der Waals surface area contributed by atoms with Crippen LogP contribution in [0.15, 0.2) is 29.2 Å². The molecule has 0 amide bonds. The van der Waals surface area contributed by atoms with Crippen molar-refractivity contribution in [3.8, 4) is 0 Å². The van der Waals surface area contributed by atoms with E-state index in [0.29, 0.717) is 5.41 Å². The van der Waals surface area contributed by atoms with Crippen molar-refractivity contribution in [2.75, 3.05) is 0 Å². The average Bonchev–Trinajstić information content (AvgIpc) is 2.88. The van der Waals surface area contributed by atoms with Crippen molar-refractivity contribution in [3.63, 3.8) is 0 Å². The van der Waals surface area contributed by atoms with Crippen molar-refractivity contribution in [2.24, 2.45) is 29.1 Å². The molecule has 0 heterocycles. The Morgan fingerprint density at radius 1 is 1.10 bits per heavy atom. The lowest BCUT2D eigenvalue weighted by molar-refractivity contribution is -0.0635. The number of hydrogen-bond acceptors (Lipinski definition) is 1. The molecule has 2 fully saturated rings. The topological polar surface area (TPSA) is 0 Å². The number of hydrogen-bond donors (Lipinski definition) is 1. The summed E-state index contributed by atoms with van der Waals surface area (Å²) in [7, 11) is 0. The molecule has 0 aliphatic heterocycles. The molecule has 0 bridgehead atoms. The van der Waals surface area contributed by atoms with Gasteiger partial charge in [0.15, 0.2) is 0 Å². The van der Waals surface area contributed by atoms with Gasteiger partial charge >= 0.3 is 0 Å². The zero-order valence-electron chi connectivity index (χ0n) is 21.0. The van der Waals surface area contributed by atoms with Crippen LogP contribution in [0.5, 0.6) is 0 Å². The minimum absolute atomic E-state index is 0.634. The molecule has 4 rings (SSSR count). The minimum atomic E-state index is 0.634. The fourth-order valence-electron chi connectivity index (χ4n) is 6.87. The summed E-state index contributed by atoms with van der Waals surface area (Å²) in [4.78, 5) is 1.19. The van der Waals surface area contributed by atoms with Crippen LogP contribution in [-0.4, -0.2) is 0 Å². The van der Waals surface area contributed by atoms with Crippen LogP contribution in [0.2, 0.25) is 0 Å². The zero-order chi connectivity index (χ0) is 22.5. The summed E-state index contributed by atoms with van der Waals surface area (Å²) in [5.41, 5.74) is 6.40. The second-order valence-electron chi connectivity index (χ2n) is 10.5. The van der Waals surface area contributed by atoms with Gasteiger partial charge < -0.3 is 0 Å². The van der Waals surface area contributed by atoms with E-state index in [1.165, 1.54) is 73.8 Å². The van der Waals surface area contributed by atoms with Crippen molar-refractivity contribution >= 4 is 12.6 Å². The Bertz CT molecular complexity index is 699. The van der Waals surface area contributed by atoms with E-state index in [4.69, 9.17) is 12.6 Å². The van der Waals surface area contributed by atoms with E-state index in [-0.39, 0.29) is 0 Å². The Hall–Kier alpha value is -0.690. The first-order valence-corrected chi connectivity index (χ1v) is 13.1. The molecule has 3 aliphatic carbocycles. The third kappa shape index (κ3) is 5.56. The molecule has 1 aromatic rings. The largest absolute Gasteiger partial charge is 0.143 e. The van der Waals surface area contributed by atoms with Gasteiger partial charge in [0.2, 0.25) is 0 Å². The lowest BCUT2D eigenvalue weighted by Gasteiger charge is -2.56. The van der Waals surface area contributed by atoms with E-state index in [1.54, 1.807) is 11.1 Å². The summed E-state index contributed by atoms with van der Waals surface area (Å²) in [6.07, 6.45) is 12.9. The molecule has 3 aliphatic rings. The summed E-state index contributed by atoms with van der Waals surface area (Å²) in [6, 6.07) is 4.82. The summed E-state index contributed by atoms with van der Waals surface area (Å²) >= 11 is 4.70. The Morgan fingerprint density at radius 3 is 2.40 bits per heavy atom. The van der Waals surface area contributed by atoms with Crippen molar-refractivity contribution in [1.29, 1.82) is 0 Å². The molecule has 0 aromatic heterocycles. The van der Waals surface area contributed by atoms with Crippen LogP contribution in [-0.2, 0) is 12.8 Å². The van der Waals surface area contributed by atoms with Gasteiger partial charge in [-0.15, -0.1) is 19.2 Å². The van der Waals surface area contributed by atoms with Gasteiger partial charge in [-0.1, -0.05) is 52.2 Å². The van der Waals surface area contributed by atoms with Crippen LogP contribution in [0.3, 0.4) is 0 Å². The molecule has 0 N–H and O–H groups in total. The summed E-state index contributed by atoms with van der Waals surface area (Å²) in [5.74, 6) is 3.86. The monoisotopic (exact) mass is 428 g/mol. The Kier molecular flexibility index (Phi) is 9.59. The first-order chi connectivity index (χ1) is 14.3. The smallest absolute Gasteiger partial charge is 0.00721 e. The highest BCUT2D eigenvalue weighted by Gasteiger charge is 2.51. The molecule has 0 nitrogen and oxygen atoms in total. The van der Waals surface area contributed by atoms with Crippen molar-refractivity contribution < 1.29 is 0 Å². The second kappa shape index (κ2) is 11.3. The normalized spacial score (nSPS) is 32.0. The fraction of sp³-hybridized carbons (Fsp3) is 0.724. The second-order valence-corrected chi connectivity index (χ2v) is 11.0. The van der Waals surface area contributed by atoms with Gasteiger partial charge in [0.1, 0.15) is 0 Å². The van der Waals surface area contributed by atoms with Gasteiger partial charge in [-0.25, -0.2) is 0 Å². The van der Waals surface area contributed by atoms with Crippen LogP contribution in [0.25, 0.3) is 0 Å². The molecular formula is C29H48S. The minimum Gasteiger partial charge on any atom is -0.143 e. The Balaban J connectivity index is 0.000000481. The predicted octanol–water partition coefficient (Wildman–Crippen LogP) is 9.24.